The largest absolute Gasteiger partial charge is 0.487 e. The second-order valence-electron chi connectivity index (χ2n) is 6.29. The number of carbonyl (C=O) groups excluding carboxylic acids is 1. The van der Waals surface area contributed by atoms with Crippen LogP contribution in [0.25, 0.3) is 0 Å². The van der Waals surface area contributed by atoms with E-state index >= 15 is 0 Å². The Bertz CT molecular complexity index is 1010. The number of aryl methyl sites for hydroxylation is 1. The number of ether oxygens (including phenoxy) is 1. The first-order chi connectivity index (χ1) is 13.9. The Balaban J connectivity index is 1.63. The van der Waals surface area contributed by atoms with Gasteiger partial charge in [0, 0.05) is 10.6 Å². The van der Waals surface area contributed by atoms with Crippen LogP contribution in [-0.2, 0) is 6.61 Å². The Morgan fingerprint density at radius 2 is 1.69 bits per heavy atom. The quantitative estimate of drug-likeness (QED) is 0.200. The van der Waals surface area contributed by atoms with Gasteiger partial charge in [0.15, 0.2) is 0 Å². The second kappa shape index (κ2) is 10.4. The summed E-state index contributed by atoms with van der Waals surface area (Å²) in [6, 6.07) is 18.9. The normalized spacial score (nSPS) is 10.9. The molecule has 1 amide bonds. The van der Waals surface area contributed by atoms with Crippen molar-refractivity contribution in [2.45, 2.75) is 13.5 Å². The van der Waals surface area contributed by atoms with Crippen molar-refractivity contribution < 1.29 is 9.53 Å². The first-order valence-electron chi connectivity index (χ1n) is 8.69. The van der Waals surface area contributed by atoms with Crippen molar-refractivity contribution >= 4 is 68.9 Å². The number of hydrogen-bond donors (Lipinski definition) is 1. The minimum Gasteiger partial charge on any atom is -0.487 e. The maximum atomic E-state index is 12.1. The fraction of sp³-hybridized carbons (Fsp3) is 0.0909. The van der Waals surface area contributed by atoms with Crippen molar-refractivity contribution in [3.63, 3.8) is 0 Å². The molecule has 0 saturated carbocycles. The zero-order valence-electron chi connectivity index (χ0n) is 15.5. The highest BCUT2D eigenvalue weighted by atomic mass is 127. The number of benzene rings is 3. The monoisotopic (exact) mass is 630 g/mol. The van der Waals surface area contributed by atoms with Gasteiger partial charge < -0.3 is 4.74 Å². The number of carbonyl (C=O) groups is 1. The van der Waals surface area contributed by atoms with Crippen LogP contribution in [0.4, 0.5) is 0 Å². The number of nitrogens with one attached hydrogen (secondary N) is 1. The van der Waals surface area contributed by atoms with Gasteiger partial charge >= 0.3 is 0 Å². The smallest absolute Gasteiger partial charge is 0.271 e. The molecule has 0 aromatic heterocycles. The molecule has 0 atom stereocenters. The van der Waals surface area contributed by atoms with Gasteiger partial charge in [-0.2, -0.15) is 5.10 Å². The molecule has 3 aromatic rings. The molecule has 0 saturated heterocycles. The fourth-order valence-electron chi connectivity index (χ4n) is 2.46. The fourth-order valence-corrected chi connectivity index (χ4v) is 4.72. The zero-order valence-corrected chi connectivity index (χ0v) is 20.5. The summed E-state index contributed by atoms with van der Waals surface area (Å²) in [6.07, 6.45) is 1.61. The summed E-state index contributed by atoms with van der Waals surface area (Å²) in [5, 5.41) is 4.63. The molecule has 148 valence electrons. The van der Waals surface area contributed by atoms with E-state index in [9.17, 15) is 4.79 Å². The topological polar surface area (TPSA) is 50.7 Å². The van der Waals surface area contributed by atoms with E-state index in [2.05, 4.69) is 86.9 Å². The third kappa shape index (κ3) is 6.42. The Labute approximate surface area is 202 Å². The number of rotatable bonds is 6. The average Bonchev–Trinajstić information content (AvgIpc) is 2.69. The van der Waals surface area contributed by atoms with Crippen molar-refractivity contribution in [3.8, 4) is 5.75 Å². The van der Waals surface area contributed by atoms with Crippen molar-refractivity contribution in [1.29, 1.82) is 0 Å². The van der Waals surface area contributed by atoms with Gasteiger partial charge in [0.1, 0.15) is 12.4 Å². The van der Waals surface area contributed by atoms with E-state index in [1.807, 2.05) is 12.1 Å². The maximum Gasteiger partial charge on any atom is 0.271 e. The van der Waals surface area contributed by atoms with Crippen molar-refractivity contribution in [2.24, 2.45) is 5.10 Å². The minimum atomic E-state index is -0.291. The summed E-state index contributed by atoms with van der Waals surface area (Å²) in [7, 11) is 0. The van der Waals surface area contributed by atoms with E-state index in [1.54, 1.807) is 30.5 Å². The van der Waals surface area contributed by atoms with E-state index < -0.39 is 0 Å². The molecule has 0 aliphatic carbocycles. The molecule has 0 heterocycles. The van der Waals surface area contributed by atoms with Gasteiger partial charge in [-0.3, -0.25) is 4.79 Å². The SMILES string of the molecule is Cc1ccc(COc2c(I)cc(/C=N\NC(=O)c3ccc(Cl)cc3)cc2I)cc1. The molecule has 3 aromatic carbocycles. The molecule has 0 bridgehead atoms. The molecule has 0 fully saturated rings. The lowest BCUT2D eigenvalue weighted by Gasteiger charge is -2.11. The number of amides is 1. The molecule has 1 N–H and O–H groups in total. The van der Waals surface area contributed by atoms with Gasteiger partial charge in [-0.1, -0.05) is 41.4 Å². The predicted octanol–water partition coefficient (Wildman–Crippen LogP) is 6.20. The highest BCUT2D eigenvalue weighted by Gasteiger charge is 2.09. The molecule has 0 spiro atoms. The number of hydrogen-bond acceptors (Lipinski definition) is 3. The van der Waals surface area contributed by atoms with Gasteiger partial charge in [-0.05, 0) is 99.6 Å². The lowest BCUT2D eigenvalue weighted by molar-refractivity contribution is 0.0955. The molecule has 0 aliphatic rings. The first kappa shape index (κ1) is 22.0. The third-order valence-electron chi connectivity index (χ3n) is 4.01. The highest BCUT2D eigenvalue weighted by molar-refractivity contribution is 14.1. The van der Waals surface area contributed by atoms with Crippen LogP contribution < -0.4 is 10.2 Å². The standard InChI is InChI=1S/C22H17ClI2N2O2/c1-14-2-4-15(5-3-14)13-29-21-19(24)10-16(11-20(21)25)12-26-27-22(28)17-6-8-18(23)9-7-17/h2-12H,13H2,1H3,(H,27,28)/b26-12-. The van der Waals surface area contributed by atoms with Gasteiger partial charge in [0.25, 0.3) is 5.91 Å². The Hall–Kier alpha value is -1.65. The predicted molar refractivity (Wildman–Crippen MR) is 134 cm³/mol. The molecule has 29 heavy (non-hydrogen) atoms. The lowest BCUT2D eigenvalue weighted by atomic mass is 10.2. The third-order valence-corrected chi connectivity index (χ3v) is 5.87. The van der Waals surface area contributed by atoms with E-state index in [1.165, 1.54) is 5.56 Å². The van der Waals surface area contributed by atoms with Crippen molar-refractivity contribution in [2.75, 3.05) is 0 Å². The van der Waals surface area contributed by atoms with Crippen LogP contribution in [0.2, 0.25) is 5.02 Å². The van der Waals surface area contributed by atoms with Crippen molar-refractivity contribution in [1.82, 2.24) is 5.43 Å². The molecule has 4 nitrogen and oxygen atoms in total. The zero-order chi connectivity index (χ0) is 20.8. The van der Waals surface area contributed by atoms with Gasteiger partial charge in [-0.15, -0.1) is 0 Å². The summed E-state index contributed by atoms with van der Waals surface area (Å²) in [4.78, 5) is 12.1. The van der Waals surface area contributed by atoms with Crippen LogP contribution in [0.15, 0.2) is 65.8 Å². The Kier molecular flexibility index (Phi) is 7.91. The second-order valence-corrected chi connectivity index (χ2v) is 9.05. The van der Waals surface area contributed by atoms with Gasteiger partial charge in [0.05, 0.1) is 13.4 Å². The molecular weight excluding hydrogens is 614 g/mol. The first-order valence-corrected chi connectivity index (χ1v) is 11.2. The number of nitrogens with zero attached hydrogens (tertiary/aromatic N) is 1. The Morgan fingerprint density at radius 1 is 1.07 bits per heavy atom. The van der Waals surface area contributed by atoms with Crippen LogP contribution in [0.3, 0.4) is 0 Å². The van der Waals surface area contributed by atoms with Crippen LogP contribution in [0.1, 0.15) is 27.0 Å². The van der Waals surface area contributed by atoms with Gasteiger partial charge in [-0.25, -0.2) is 5.43 Å². The van der Waals surface area contributed by atoms with E-state index in [0.717, 1.165) is 24.0 Å². The summed E-state index contributed by atoms with van der Waals surface area (Å²) >= 11 is 10.3. The summed E-state index contributed by atoms with van der Waals surface area (Å²) in [5.74, 6) is 0.550. The number of halogens is 3. The van der Waals surface area contributed by atoms with Crippen LogP contribution in [0, 0.1) is 14.1 Å². The molecule has 0 unspecified atom stereocenters. The van der Waals surface area contributed by atoms with E-state index in [-0.39, 0.29) is 5.91 Å². The molecule has 7 heteroatoms. The maximum absolute atomic E-state index is 12.1. The van der Waals surface area contributed by atoms with Gasteiger partial charge in [0.2, 0.25) is 0 Å². The van der Waals surface area contributed by atoms with E-state index in [4.69, 9.17) is 16.3 Å². The highest BCUT2D eigenvalue weighted by Crippen LogP contribution is 2.29. The van der Waals surface area contributed by atoms with Crippen molar-refractivity contribution in [3.05, 3.63) is 95.1 Å². The lowest BCUT2D eigenvalue weighted by Crippen LogP contribution is -2.17. The summed E-state index contributed by atoms with van der Waals surface area (Å²) in [6.45, 7) is 2.57. The van der Waals surface area contributed by atoms with Crippen LogP contribution in [0.5, 0.6) is 5.75 Å². The summed E-state index contributed by atoms with van der Waals surface area (Å²) in [5.41, 5.74) is 6.24. The molecular formula is C22H17ClI2N2O2. The van der Waals surface area contributed by atoms with E-state index in [0.29, 0.717) is 17.2 Å². The Morgan fingerprint density at radius 3 is 2.31 bits per heavy atom. The molecule has 0 aliphatic heterocycles. The van der Waals surface area contributed by atoms with Crippen LogP contribution >= 0.6 is 56.8 Å². The molecule has 3 rings (SSSR count). The van der Waals surface area contributed by atoms with Crippen LogP contribution in [-0.4, -0.2) is 12.1 Å². The molecule has 0 radical (unpaired) electrons. The number of hydrazone groups is 1. The average molecular weight is 631 g/mol. The summed E-state index contributed by atoms with van der Waals surface area (Å²) < 4.78 is 7.98. The minimum absolute atomic E-state index is 0.291.